The number of carboxylic acid groups (broad SMARTS) is 1. The molecular weight excluding hydrogens is 250 g/mol. The van der Waals surface area contributed by atoms with Gasteiger partial charge in [-0.2, -0.15) is 0 Å². The first kappa shape index (κ1) is 15.9. The van der Waals surface area contributed by atoms with Gasteiger partial charge in [0.05, 0.1) is 6.42 Å². The van der Waals surface area contributed by atoms with E-state index in [1.807, 2.05) is 6.92 Å². The Balaban J connectivity index is 2.42. The lowest BCUT2D eigenvalue weighted by Gasteiger charge is -2.24. The Kier molecular flexibility index (Phi) is 7.43. The predicted octanol–water partition coefficient (Wildman–Crippen LogP) is 0.895. The van der Waals surface area contributed by atoms with Crippen molar-refractivity contribution in [1.29, 1.82) is 0 Å². The molecule has 1 N–H and O–H groups in total. The molecule has 1 saturated heterocycles. The van der Waals surface area contributed by atoms with Crippen molar-refractivity contribution in [2.24, 2.45) is 0 Å². The monoisotopic (exact) mass is 273 g/mol. The molecule has 0 spiro atoms. The molecule has 0 aromatic rings. The first-order valence-electron chi connectivity index (χ1n) is 6.85. The van der Waals surface area contributed by atoms with Gasteiger partial charge in [-0.25, -0.2) is 0 Å². The molecule has 1 rings (SSSR count). The number of hydrogen-bond acceptors (Lipinski definition) is 4. The van der Waals surface area contributed by atoms with Crippen molar-refractivity contribution in [3.63, 3.8) is 0 Å². The number of rotatable bonds is 9. The molecule has 0 saturated carbocycles. The largest absolute Gasteiger partial charge is 0.481 e. The van der Waals surface area contributed by atoms with Gasteiger partial charge in [0.15, 0.2) is 0 Å². The van der Waals surface area contributed by atoms with Crippen molar-refractivity contribution in [2.45, 2.75) is 38.7 Å². The molecule has 110 valence electrons. The molecule has 1 aliphatic heterocycles. The maximum Gasteiger partial charge on any atom is 0.305 e. The maximum absolute atomic E-state index is 12.2. The zero-order valence-electron chi connectivity index (χ0n) is 11.5. The summed E-state index contributed by atoms with van der Waals surface area (Å²) in [6.07, 6.45) is 1.91. The van der Waals surface area contributed by atoms with Gasteiger partial charge in [-0.05, 0) is 26.2 Å². The molecule has 1 fully saturated rings. The fraction of sp³-hybridized carbons (Fsp3) is 0.846. The molecule has 1 unspecified atom stereocenters. The van der Waals surface area contributed by atoms with E-state index < -0.39 is 5.97 Å². The van der Waals surface area contributed by atoms with E-state index in [1.54, 1.807) is 4.90 Å². The Morgan fingerprint density at radius 1 is 1.42 bits per heavy atom. The van der Waals surface area contributed by atoms with Crippen LogP contribution >= 0.6 is 0 Å². The zero-order chi connectivity index (χ0) is 14.1. The van der Waals surface area contributed by atoms with Crippen LogP contribution in [0, 0.1) is 0 Å². The van der Waals surface area contributed by atoms with Crippen molar-refractivity contribution in [1.82, 2.24) is 4.90 Å². The topological polar surface area (TPSA) is 76.1 Å². The van der Waals surface area contributed by atoms with E-state index in [9.17, 15) is 9.59 Å². The summed E-state index contributed by atoms with van der Waals surface area (Å²) in [5, 5.41) is 8.73. The van der Waals surface area contributed by atoms with Crippen LogP contribution in [0.2, 0.25) is 0 Å². The fourth-order valence-electron chi connectivity index (χ4n) is 2.04. The summed E-state index contributed by atoms with van der Waals surface area (Å²) in [4.78, 5) is 24.4. The minimum absolute atomic E-state index is 0.0346. The highest BCUT2D eigenvalue weighted by Gasteiger charge is 2.28. The molecule has 1 heterocycles. The van der Waals surface area contributed by atoms with Gasteiger partial charge in [0, 0.05) is 32.9 Å². The van der Waals surface area contributed by atoms with Gasteiger partial charge >= 0.3 is 5.97 Å². The average molecular weight is 273 g/mol. The molecule has 1 amide bonds. The number of hydrogen-bond donors (Lipinski definition) is 1. The highest BCUT2D eigenvalue weighted by Crippen LogP contribution is 2.15. The van der Waals surface area contributed by atoms with Gasteiger partial charge in [-0.3, -0.25) is 9.59 Å². The molecule has 6 heteroatoms. The first-order chi connectivity index (χ1) is 9.15. The van der Waals surface area contributed by atoms with Gasteiger partial charge in [-0.1, -0.05) is 0 Å². The highest BCUT2D eigenvalue weighted by atomic mass is 16.5. The summed E-state index contributed by atoms with van der Waals surface area (Å²) in [6.45, 7) is 4.52. The lowest BCUT2D eigenvalue weighted by atomic mass is 10.2. The normalized spacial score (nSPS) is 18.5. The predicted molar refractivity (Wildman–Crippen MR) is 68.9 cm³/mol. The third-order valence-electron chi connectivity index (χ3n) is 3.03. The Morgan fingerprint density at radius 3 is 2.79 bits per heavy atom. The van der Waals surface area contributed by atoms with Crippen LogP contribution in [0.5, 0.6) is 0 Å². The minimum Gasteiger partial charge on any atom is -0.481 e. The van der Waals surface area contributed by atoms with Crippen molar-refractivity contribution >= 4 is 11.9 Å². The summed E-state index contributed by atoms with van der Waals surface area (Å²) in [5.41, 5.74) is 0. The van der Waals surface area contributed by atoms with Crippen LogP contribution in [0.25, 0.3) is 0 Å². The number of carbonyl (C=O) groups is 2. The quantitative estimate of drug-likeness (QED) is 0.631. The molecule has 0 aromatic carbocycles. The Morgan fingerprint density at radius 2 is 2.21 bits per heavy atom. The van der Waals surface area contributed by atoms with Crippen LogP contribution in [0.3, 0.4) is 0 Å². The molecule has 6 nitrogen and oxygen atoms in total. The number of carbonyl (C=O) groups excluding carboxylic acids is 1. The first-order valence-corrected chi connectivity index (χ1v) is 6.85. The average Bonchev–Trinajstić information content (AvgIpc) is 2.90. The molecule has 0 radical (unpaired) electrons. The second-order valence-electron chi connectivity index (χ2n) is 4.52. The second-order valence-corrected chi connectivity index (χ2v) is 4.52. The van der Waals surface area contributed by atoms with E-state index >= 15 is 0 Å². The van der Waals surface area contributed by atoms with Crippen LogP contribution in [0.15, 0.2) is 0 Å². The summed E-state index contributed by atoms with van der Waals surface area (Å²) >= 11 is 0. The number of ether oxygens (including phenoxy) is 2. The summed E-state index contributed by atoms with van der Waals surface area (Å²) < 4.78 is 10.6. The van der Waals surface area contributed by atoms with Crippen LogP contribution in [0.1, 0.15) is 32.6 Å². The number of carboxylic acids is 1. The van der Waals surface area contributed by atoms with E-state index in [0.717, 1.165) is 12.8 Å². The Bertz CT molecular complexity index is 289. The number of nitrogens with zero attached hydrogens (tertiary/aromatic N) is 1. The van der Waals surface area contributed by atoms with E-state index in [2.05, 4.69) is 0 Å². The number of aliphatic carboxylic acids is 1. The van der Waals surface area contributed by atoms with Gasteiger partial charge in [0.2, 0.25) is 0 Å². The van der Waals surface area contributed by atoms with Gasteiger partial charge in [-0.15, -0.1) is 0 Å². The standard InChI is InChI=1S/C13H23NO5/c1-2-18-9-4-7-14(8-6-12(15)16)13(17)11-5-3-10-19-11/h11H,2-10H2,1H3,(H,15,16). The SMILES string of the molecule is CCOCCCN(CCC(=O)O)C(=O)C1CCCO1. The molecule has 0 bridgehead atoms. The van der Waals surface area contributed by atoms with Crippen LogP contribution in [-0.2, 0) is 19.1 Å². The van der Waals surface area contributed by atoms with Crippen molar-refractivity contribution in [3.05, 3.63) is 0 Å². The summed E-state index contributed by atoms with van der Waals surface area (Å²) in [5.74, 6) is -0.981. The lowest BCUT2D eigenvalue weighted by molar-refractivity contribution is -0.143. The van der Waals surface area contributed by atoms with Crippen LogP contribution in [0.4, 0.5) is 0 Å². The fourth-order valence-corrected chi connectivity index (χ4v) is 2.04. The van der Waals surface area contributed by atoms with E-state index in [-0.39, 0.29) is 25.0 Å². The van der Waals surface area contributed by atoms with Crippen molar-refractivity contribution in [2.75, 3.05) is 32.9 Å². The Labute approximate surface area is 113 Å². The molecule has 19 heavy (non-hydrogen) atoms. The zero-order valence-corrected chi connectivity index (χ0v) is 11.5. The van der Waals surface area contributed by atoms with E-state index in [4.69, 9.17) is 14.6 Å². The summed E-state index contributed by atoms with van der Waals surface area (Å²) in [7, 11) is 0. The van der Waals surface area contributed by atoms with Crippen LogP contribution < -0.4 is 0 Å². The van der Waals surface area contributed by atoms with Crippen LogP contribution in [-0.4, -0.2) is 60.9 Å². The lowest BCUT2D eigenvalue weighted by Crippen LogP contribution is -2.41. The van der Waals surface area contributed by atoms with Gasteiger partial charge in [0.25, 0.3) is 5.91 Å². The number of amides is 1. The van der Waals surface area contributed by atoms with Crippen molar-refractivity contribution < 1.29 is 24.2 Å². The maximum atomic E-state index is 12.2. The summed E-state index contributed by atoms with van der Waals surface area (Å²) in [6, 6.07) is 0. The smallest absolute Gasteiger partial charge is 0.305 e. The van der Waals surface area contributed by atoms with Crippen molar-refractivity contribution in [3.8, 4) is 0 Å². The highest BCUT2D eigenvalue weighted by molar-refractivity contribution is 5.81. The molecule has 0 aliphatic carbocycles. The molecule has 0 aromatic heterocycles. The molecule has 1 atom stereocenters. The molecular formula is C13H23NO5. The minimum atomic E-state index is -0.894. The van der Waals surface area contributed by atoms with Gasteiger partial charge in [0.1, 0.15) is 6.10 Å². The Hall–Kier alpha value is -1.14. The second kappa shape index (κ2) is 8.87. The van der Waals surface area contributed by atoms with E-state index in [1.165, 1.54) is 0 Å². The third kappa shape index (κ3) is 6.02. The van der Waals surface area contributed by atoms with E-state index in [0.29, 0.717) is 32.8 Å². The van der Waals surface area contributed by atoms with Gasteiger partial charge < -0.3 is 19.5 Å². The molecule has 1 aliphatic rings. The third-order valence-corrected chi connectivity index (χ3v) is 3.03.